The molecule has 1 saturated heterocycles. The van der Waals surface area contributed by atoms with Crippen LogP contribution >= 0.6 is 0 Å². The molecule has 0 aromatic heterocycles. The maximum Gasteiger partial charge on any atom is 0.123 e. The van der Waals surface area contributed by atoms with E-state index < -0.39 is 11.0 Å². The van der Waals surface area contributed by atoms with Crippen LogP contribution in [0, 0.1) is 17.6 Å². The number of anilines is 1. The van der Waals surface area contributed by atoms with E-state index in [1.54, 1.807) is 12.1 Å². The Morgan fingerprint density at radius 1 is 0.659 bits per heavy atom. The number of ether oxygens (including phenoxy) is 1. The largest absolute Gasteiger partial charge is 0.377 e. The quantitative estimate of drug-likeness (QED) is 0.240. The molecule has 41 heavy (non-hydrogen) atoms. The van der Waals surface area contributed by atoms with Gasteiger partial charge in [-0.2, -0.15) is 0 Å². The first-order chi connectivity index (χ1) is 20.1. The third-order valence-corrected chi connectivity index (χ3v) is 8.72. The molecule has 2 heterocycles. The molecular formula is C37H29F2NO. The molecule has 202 valence electrons. The Morgan fingerprint density at radius 2 is 1.22 bits per heavy atom. The lowest BCUT2D eigenvalue weighted by molar-refractivity contribution is 0.00969. The second kappa shape index (κ2) is 10.1. The number of rotatable bonds is 5. The van der Waals surface area contributed by atoms with Crippen molar-refractivity contribution in [3.63, 3.8) is 0 Å². The molecule has 0 saturated carbocycles. The van der Waals surface area contributed by atoms with E-state index in [2.05, 4.69) is 72.1 Å². The monoisotopic (exact) mass is 541 g/mol. The Hall–Kier alpha value is -4.54. The second-order valence-corrected chi connectivity index (χ2v) is 10.9. The van der Waals surface area contributed by atoms with Crippen molar-refractivity contribution in [1.29, 1.82) is 0 Å². The maximum atomic E-state index is 14.2. The summed E-state index contributed by atoms with van der Waals surface area (Å²) in [7, 11) is 0. The summed E-state index contributed by atoms with van der Waals surface area (Å²) in [6.07, 6.45) is 4.18. The van der Waals surface area contributed by atoms with Crippen LogP contribution in [-0.4, -0.2) is 6.61 Å². The predicted molar refractivity (Wildman–Crippen MR) is 159 cm³/mol. The van der Waals surface area contributed by atoms with Gasteiger partial charge in [0.1, 0.15) is 17.2 Å². The van der Waals surface area contributed by atoms with Crippen molar-refractivity contribution in [2.24, 2.45) is 5.92 Å². The third kappa shape index (κ3) is 4.18. The fourth-order valence-electron chi connectivity index (χ4n) is 6.90. The lowest BCUT2D eigenvalue weighted by atomic mass is 9.57. The van der Waals surface area contributed by atoms with E-state index in [1.165, 1.54) is 24.3 Å². The first kappa shape index (κ1) is 25.4. The molecule has 1 N–H and O–H groups in total. The van der Waals surface area contributed by atoms with E-state index in [0.29, 0.717) is 6.61 Å². The zero-order valence-corrected chi connectivity index (χ0v) is 22.4. The highest BCUT2D eigenvalue weighted by atomic mass is 19.1. The molecule has 5 aromatic carbocycles. The van der Waals surface area contributed by atoms with Gasteiger partial charge in [0.25, 0.3) is 0 Å². The van der Waals surface area contributed by atoms with Gasteiger partial charge >= 0.3 is 0 Å². The van der Waals surface area contributed by atoms with Gasteiger partial charge in [-0.05, 0) is 58.7 Å². The van der Waals surface area contributed by atoms with Crippen molar-refractivity contribution in [3.05, 3.63) is 179 Å². The summed E-state index contributed by atoms with van der Waals surface area (Å²) < 4.78 is 35.1. The Balaban J connectivity index is 1.53. The number of halogens is 2. The number of nitrogens with one attached hydrogen (secondary N) is 1. The third-order valence-electron chi connectivity index (χ3n) is 8.72. The molecule has 5 aromatic rings. The summed E-state index contributed by atoms with van der Waals surface area (Å²) in [6.45, 7) is 0.438. The van der Waals surface area contributed by atoms with E-state index in [0.717, 1.165) is 33.5 Å². The highest BCUT2D eigenvalue weighted by molar-refractivity contribution is 5.66. The average Bonchev–Trinajstić information content (AvgIpc) is 3.39. The molecule has 2 aliphatic heterocycles. The van der Waals surface area contributed by atoms with Crippen LogP contribution in [0.15, 0.2) is 140 Å². The minimum Gasteiger partial charge on any atom is -0.377 e. The maximum absolute atomic E-state index is 14.2. The van der Waals surface area contributed by atoms with Crippen LogP contribution in [0.3, 0.4) is 0 Å². The summed E-state index contributed by atoms with van der Waals surface area (Å²) in [6, 6.07) is 42.4. The van der Waals surface area contributed by atoms with Gasteiger partial charge in [0, 0.05) is 17.2 Å². The molecule has 0 spiro atoms. The summed E-state index contributed by atoms with van der Waals surface area (Å²) >= 11 is 0. The minimum absolute atomic E-state index is 0.170. The van der Waals surface area contributed by atoms with Crippen LogP contribution in [0.25, 0.3) is 6.08 Å². The van der Waals surface area contributed by atoms with Crippen molar-refractivity contribution < 1.29 is 13.5 Å². The van der Waals surface area contributed by atoms with E-state index in [9.17, 15) is 8.78 Å². The Labute approximate surface area is 239 Å². The topological polar surface area (TPSA) is 21.3 Å². The standard InChI is InChI=1S/C37H29F2NO/c38-30-19-15-26(16-20-30)23-24-37-32-13-7-8-14-33(32)40-34(27-17-21-31(39)22-18-27)35(37)36(25-41-37,28-9-3-1-4-10-28)29-11-5-2-6-12-29/h1-24,34-35,40H,25H2/b24-23+/t34-,35+,37+/m1/s1. The van der Waals surface area contributed by atoms with Gasteiger partial charge in [0.2, 0.25) is 0 Å². The summed E-state index contributed by atoms with van der Waals surface area (Å²) in [5, 5.41) is 3.84. The molecule has 2 nitrogen and oxygen atoms in total. The van der Waals surface area contributed by atoms with Crippen LogP contribution in [-0.2, 0) is 15.8 Å². The summed E-state index contributed by atoms with van der Waals surface area (Å²) in [5.74, 6) is -0.713. The van der Waals surface area contributed by atoms with Crippen LogP contribution < -0.4 is 5.32 Å². The fraction of sp³-hybridized carbons (Fsp3) is 0.135. The van der Waals surface area contributed by atoms with Crippen molar-refractivity contribution in [2.75, 3.05) is 11.9 Å². The molecule has 2 aliphatic rings. The smallest absolute Gasteiger partial charge is 0.123 e. The number of hydrogen-bond acceptors (Lipinski definition) is 2. The molecule has 4 heteroatoms. The van der Waals surface area contributed by atoms with E-state index >= 15 is 0 Å². The summed E-state index contributed by atoms with van der Waals surface area (Å²) in [4.78, 5) is 0. The zero-order valence-electron chi connectivity index (χ0n) is 22.4. The Bertz CT molecular complexity index is 1640. The Kier molecular flexibility index (Phi) is 6.29. The molecular weight excluding hydrogens is 512 g/mol. The molecule has 1 fully saturated rings. The molecule has 7 rings (SSSR count). The lowest BCUT2D eigenvalue weighted by Gasteiger charge is -2.49. The number of benzene rings is 5. The second-order valence-electron chi connectivity index (χ2n) is 10.9. The SMILES string of the molecule is Fc1ccc(/C=C/[C@@]23OCC(c4ccccc4)(c4ccccc4)[C@@H]2[C@@H](c2ccc(F)cc2)Nc2ccccc23)cc1. The molecule has 0 bridgehead atoms. The van der Waals surface area contributed by atoms with Gasteiger partial charge in [-0.3, -0.25) is 0 Å². The van der Waals surface area contributed by atoms with Gasteiger partial charge in [0.05, 0.1) is 18.1 Å². The summed E-state index contributed by atoms with van der Waals surface area (Å²) in [5.41, 5.74) is 4.79. The molecule has 3 atom stereocenters. The predicted octanol–water partition coefficient (Wildman–Crippen LogP) is 8.67. The normalized spacial score (nSPS) is 22.6. The molecule has 0 unspecified atom stereocenters. The van der Waals surface area contributed by atoms with Gasteiger partial charge in [-0.1, -0.05) is 109 Å². The number of hydrogen-bond donors (Lipinski definition) is 1. The Morgan fingerprint density at radius 3 is 1.85 bits per heavy atom. The molecule has 0 aliphatic carbocycles. The zero-order chi connectivity index (χ0) is 27.9. The van der Waals surface area contributed by atoms with Crippen LogP contribution in [0.5, 0.6) is 0 Å². The minimum atomic E-state index is -0.846. The van der Waals surface area contributed by atoms with E-state index in [4.69, 9.17) is 4.74 Å². The highest BCUT2D eigenvalue weighted by Crippen LogP contribution is 2.63. The molecule has 0 amide bonds. The van der Waals surface area contributed by atoms with Crippen LogP contribution in [0.2, 0.25) is 0 Å². The van der Waals surface area contributed by atoms with Gasteiger partial charge in [-0.25, -0.2) is 8.78 Å². The highest BCUT2D eigenvalue weighted by Gasteiger charge is 2.64. The average molecular weight is 542 g/mol. The molecule has 0 radical (unpaired) electrons. The van der Waals surface area contributed by atoms with Crippen molar-refractivity contribution in [3.8, 4) is 0 Å². The van der Waals surface area contributed by atoms with Crippen molar-refractivity contribution >= 4 is 11.8 Å². The van der Waals surface area contributed by atoms with E-state index in [-0.39, 0.29) is 23.6 Å². The fourth-order valence-corrected chi connectivity index (χ4v) is 6.90. The van der Waals surface area contributed by atoms with Gasteiger partial charge in [0.15, 0.2) is 0 Å². The van der Waals surface area contributed by atoms with E-state index in [1.807, 2.05) is 42.5 Å². The van der Waals surface area contributed by atoms with Gasteiger partial charge < -0.3 is 10.1 Å². The van der Waals surface area contributed by atoms with Crippen molar-refractivity contribution in [1.82, 2.24) is 0 Å². The number of para-hydroxylation sites is 1. The number of fused-ring (bicyclic) bond motifs is 3. The van der Waals surface area contributed by atoms with Gasteiger partial charge in [-0.15, -0.1) is 0 Å². The lowest BCUT2D eigenvalue weighted by Crippen LogP contribution is -2.50. The first-order valence-electron chi connectivity index (χ1n) is 13.9. The van der Waals surface area contributed by atoms with Crippen LogP contribution in [0.4, 0.5) is 14.5 Å². The van der Waals surface area contributed by atoms with Crippen molar-refractivity contribution in [2.45, 2.75) is 17.1 Å². The van der Waals surface area contributed by atoms with Crippen LogP contribution in [0.1, 0.15) is 33.9 Å². The first-order valence-corrected chi connectivity index (χ1v) is 13.9.